The summed E-state index contributed by atoms with van der Waals surface area (Å²) in [6.07, 6.45) is 0. The Bertz CT molecular complexity index is 1170. The maximum atomic E-state index is 14.8. The van der Waals surface area contributed by atoms with Crippen LogP contribution in [0.2, 0.25) is 5.02 Å². The van der Waals surface area contributed by atoms with Gasteiger partial charge in [-0.25, -0.2) is 9.37 Å². The molecule has 136 valence electrons. The Morgan fingerprint density at radius 3 is 2.81 bits per heavy atom. The number of nitrogens with one attached hydrogen (secondary N) is 2. The van der Waals surface area contributed by atoms with E-state index in [1.807, 2.05) is 0 Å². The molecule has 1 amide bonds. The summed E-state index contributed by atoms with van der Waals surface area (Å²) in [4.78, 5) is 19.0. The molecule has 0 spiro atoms. The van der Waals surface area contributed by atoms with Crippen LogP contribution < -0.4 is 10.5 Å². The number of ether oxygens (including phenoxy) is 1. The average Bonchev–Trinajstić information content (AvgIpc) is 3.29. The van der Waals surface area contributed by atoms with Crippen LogP contribution in [0.1, 0.15) is 10.4 Å². The lowest BCUT2D eigenvalue weighted by Gasteiger charge is -2.06. The van der Waals surface area contributed by atoms with Crippen molar-refractivity contribution in [2.75, 3.05) is 7.11 Å². The summed E-state index contributed by atoms with van der Waals surface area (Å²) >= 11 is 5.98. The Hall–Kier alpha value is -3.53. The number of nitrogens with zero attached hydrogens (tertiary/aromatic N) is 4. The zero-order chi connectivity index (χ0) is 19.1. The quantitative estimate of drug-likeness (QED) is 0.491. The fraction of sp³-hybridized carbons (Fsp3) is 0.0625. The zero-order valence-electron chi connectivity index (χ0n) is 13.7. The van der Waals surface area contributed by atoms with Crippen molar-refractivity contribution in [3.05, 3.63) is 40.7 Å². The number of carbonyl (C=O) groups is 1. The minimum Gasteiger partial charge on any atom is -0.494 e. The highest BCUT2D eigenvalue weighted by atomic mass is 35.5. The van der Waals surface area contributed by atoms with E-state index >= 15 is 0 Å². The van der Waals surface area contributed by atoms with Crippen LogP contribution >= 0.6 is 11.6 Å². The molecule has 0 unspecified atom stereocenters. The third-order valence-electron chi connectivity index (χ3n) is 3.96. The molecule has 11 heteroatoms. The van der Waals surface area contributed by atoms with Crippen LogP contribution in [-0.4, -0.2) is 43.6 Å². The number of amides is 1. The number of fused-ring (bicyclic) bond motifs is 1. The molecule has 4 N–H and O–H groups in total. The number of tetrazole rings is 1. The number of aromatic nitrogens is 6. The van der Waals surface area contributed by atoms with E-state index < -0.39 is 11.7 Å². The molecule has 27 heavy (non-hydrogen) atoms. The average molecular weight is 388 g/mol. The van der Waals surface area contributed by atoms with Crippen molar-refractivity contribution < 1.29 is 13.9 Å². The fourth-order valence-corrected chi connectivity index (χ4v) is 3.04. The first-order valence-electron chi connectivity index (χ1n) is 7.59. The number of carbonyl (C=O) groups excluding carboxylic acids is 1. The monoisotopic (exact) mass is 387 g/mol. The number of methoxy groups -OCH3 is 1. The zero-order valence-corrected chi connectivity index (χ0v) is 14.5. The molecule has 0 atom stereocenters. The molecule has 0 aliphatic rings. The molecule has 0 fully saturated rings. The Kier molecular flexibility index (Phi) is 3.96. The molecule has 2 aromatic carbocycles. The number of rotatable bonds is 4. The van der Waals surface area contributed by atoms with Gasteiger partial charge in [0.2, 0.25) is 5.82 Å². The minimum atomic E-state index is -0.663. The van der Waals surface area contributed by atoms with Gasteiger partial charge in [-0.15, -0.1) is 10.2 Å². The Balaban J connectivity index is 2.00. The van der Waals surface area contributed by atoms with Crippen LogP contribution in [0.3, 0.4) is 0 Å². The standard InChI is InChI=1S/C16H11ClFN7O2/c1-27-13-7(14(19)26)2-3-10-12(13)21-16(20-10)11-8(15-22-24-25-23-15)4-6(17)5-9(11)18/h2-5H,1H3,(H2,19,26)(H,20,21)(H,22,23,24,25). The first kappa shape index (κ1) is 16.9. The van der Waals surface area contributed by atoms with Gasteiger partial charge in [0, 0.05) is 10.6 Å². The van der Waals surface area contributed by atoms with Gasteiger partial charge in [0.1, 0.15) is 17.2 Å². The van der Waals surface area contributed by atoms with Crippen LogP contribution in [0.5, 0.6) is 5.75 Å². The van der Waals surface area contributed by atoms with E-state index in [9.17, 15) is 9.18 Å². The van der Waals surface area contributed by atoms with Crippen LogP contribution in [0, 0.1) is 5.82 Å². The molecule has 4 rings (SSSR count). The lowest BCUT2D eigenvalue weighted by molar-refractivity contribution is 0.0997. The second-order valence-corrected chi connectivity index (χ2v) is 5.97. The van der Waals surface area contributed by atoms with Gasteiger partial charge in [0.05, 0.1) is 23.8 Å². The summed E-state index contributed by atoms with van der Waals surface area (Å²) < 4.78 is 20.1. The van der Waals surface area contributed by atoms with Crippen molar-refractivity contribution in [1.29, 1.82) is 0 Å². The first-order chi connectivity index (χ1) is 13.0. The number of nitrogens with two attached hydrogens (primary N) is 1. The molecule has 9 nitrogen and oxygen atoms in total. The number of halogens is 2. The summed E-state index contributed by atoms with van der Waals surface area (Å²) in [7, 11) is 1.39. The first-order valence-corrected chi connectivity index (χ1v) is 7.97. The lowest BCUT2D eigenvalue weighted by atomic mass is 10.1. The van der Waals surface area contributed by atoms with E-state index in [-0.39, 0.29) is 33.5 Å². The van der Waals surface area contributed by atoms with E-state index in [1.165, 1.54) is 19.2 Å². The van der Waals surface area contributed by atoms with E-state index in [4.69, 9.17) is 22.1 Å². The van der Waals surface area contributed by atoms with E-state index in [2.05, 4.69) is 30.6 Å². The van der Waals surface area contributed by atoms with Crippen LogP contribution in [-0.2, 0) is 0 Å². The molecule has 0 saturated carbocycles. The molecule has 0 aliphatic carbocycles. The predicted molar refractivity (Wildman–Crippen MR) is 94.7 cm³/mol. The van der Waals surface area contributed by atoms with Crippen LogP contribution in [0.25, 0.3) is 33.8 Å². The minimum absolute atomic E-state index is 0.0969. The maximum Gasteiger partial charge on any atom is 0.252 e. The SMILES string of the molecule is COc1c(C(N)=O)ccc2[nH]c(-c3c(F)cc(Cl)cc3-c3nn[nH]n3)nc12. The largest absolute Gasteiger partial charge is 0.494 e. The van der Waals surface area contributed by atoms with Crippen LogP contribution in [0.4, 0.5) is 4.39 Å². The smallest absolute Gasteiger partial charge is 0.252 e. The van der Waals surface area contributed by atoms with Gasteiger partial charge >= 0.3 is 0 Å². The summed E-state index contributed by atoms with van der Waals surface area (Å²) in [5.74, 6) is -0.771. The second kappa shape index (κ2) is 6.32. The molecule has 0 saturated heterocycles. The number of imidazole rings is 1. The normalized spacial score (nSPS) is 11.1. The van der Waals surface area contributed by atoms with Gasteiger partial charge in [-0.3, -0.25) is 4.79 Å². The molecule has 0 bridgehead atoms. The fourth-order valence-electron chi connectivity index (χ4n) is 2.84. The summed E-state index contributed by atoms with van der Waals surface area (Å²) in [5, 5.41) is 13.7. The maximum absolute atomic E-state index is 14.8. The highest BCUT2D eigenvalue weighted by molar-refractivity contribution is 6.31. The van der Waals surface area contributed by atoms with Crippen LogP contribution in [0.15, 0.2) is 24.3 Å². The van der Waals surface area contributed by atoms with Crippen molar-refractivity contribution in [3.8, 4) is 28.5 Å². The number of aromatic amines is 2. The topological polar surface area (TPSA) is 135 Å². The highest BCUT2D eigenvalue weighted by Crippen LogP contribution is 2.36. The Morgan fingerprint density at radius 2 is 2.15 bits per heavy atom. The molecular formula is C16H11ClFN7O2. The second-order valence-electron chi connectivity index (χ2n) is 5.54. The summed E-state index contributed by atoms with van der Waals surface area (Å²) in [5.41, 5.74) is 6.78. The van der Waals surface area contributed by atoms with Crippen molar-refractivity contribution in [3.63, 3.8) is 0 Å². The van der Waals surface area contributed by atoms with Gasteiger partial charge < -0.3 is 15.5 Å². The Labute approximate surface area is 155 Å². The van der Waals surface area contributed by atoms with Gasteiger partial charge in [0.25, 0.3) is 5.91 Å². The summed E-state index contributed by atoms with van der Waals surface area (Å²) in [6.45, 7) is 0. The predicted octanol–water partition coefficient (Wildman–Crippen LogP) is 2.31. The third-order valence-corrected chi connectivity index (χ3v) is 4.17. The Morgan fingerprint density at radius 1 is 1.33 bits per heavy atom. The number of H-pyrrole nitrogens is 2. The molecule has 0 aliphatic heterocycles. The lowest BCUT2D eigenvalue weighted by Crippen LogP contribution is -2.12. The number of hydrogen-bond acceptors (Lipinski definition) is 6. The molecule has 2 heterocycles. The molecule has 2 aromatic heterocycles. The third kappa shape index (κ3) is 2.75. The van der Waals surface area contributed by atoms with Crippen molar-refractivity contribution >= 4 is 28.5 Å². The van der Waals surface area contributed by atoms with Crippen molar-refractivity contribution in [2.45, 2.75) is 0 Å². The van der Waals surface area contributed by atoms with Crippen molar-refractivity contribution in [2.24, 2.45) is 5.73 Å². The highest BCUT2D eigenvalue weighted by Gasteiger charge is 2.22. The molecule has 4 aromatic rings. The van der Waals surface area contributed by atoms with Crippen molar-refractivity contribution in [1.82, 2.24) is 30.6 Å². The molecule has 0 radical (unpaired) electrons. The van der Waals surface area contributed by atoms with E-state index in [0.29, 0.717) is 16.6 Å². The van der Waals surface area contributed by atoms with Gasteiger partial charge in [-0.1, -0.05) is 11.6 Å². The molecular weight excluding hydrogens is 377 g/mol. The van der Waals surface area contributed by atoms with E-state index in [1.54, 1.807) is 6.07 Å². The number of primary amides is 1. The van der Waals surface area contributed by atoms with Gasteiger partial charge in [0.15, 0.2) is 5.75 Å². The summed E-state index contributed by atoms with van der Waals surface area (Å²) in [6, 6.07) is 5.77. The number of hydrogen-bond donors (Lipinski definition) is 3. The van der Waals surface area contributed by atoms with Gasteiger partial charge in [-0.2, -0.15) is 5.21 Å². The van der Waals surface area contributed by atoms with E-state index in [0.717, 1.165) is 6.07 Å². The number of benzene rings is 2. The van der Waals surface area contributed by atoms with Gasteiger partial charge in [-0.05, 0) is 29.5 Å².